The fourth-order valence-electron chi connectivity index (χ4n) is 14.9. The number of rotatable bonds is 13. The molecule has 0 bridgehead atoms. The molecule has 414 valence electrons. The Bertz CT molecular complexity index is 3950. The summed E-state index contributed by atoms with van der Waals surface area (Å²) in [6.07, 6.45) is 8.51. The lowest BCUT2D eigenvalue weighted by molar-refractivity contribution is 0.0986. The monoisotopic (exact) mass is 1080 g/mol. The van der Waals surface area contributed by atoms with Crippen LogP contribution in [0.2, 0.25) is 0 Å². The van der Waals surface area contributed by atoms with E-state index in [0.717, 1.165) is 131 Å². The predicted octanol–water partition coefficient (Wildman–Crippen LogP) is 12.1. The molecule has 0 amide bonds. The number of fused-ring (bicyclic) bond motifs is 21. The number of carbonyl (C=O) groups excluding carboxylic acids is 6. The lowest BCUT2D eigenvalue weighted by Crippen LogP contribution is -2.26. The molecule has 12 heteroatoms. The van der Waals surface area contributed by atoms with Gasteiger partial charge in [0, 0.05) is 183 Å². The lowest BCUT2D eigenvalue weighted by Gasteiger charge is -2.19. The van der Waals surface area contributed by atoms with Gasteiger partial charge in [0.05, 0.1) is 0 Å². The van der Waals surface area contributed by atoms with Gasteiger partial charge in [0.15, 0.2) is 34.7 Å². The summed E-state index contributed by atoms with van der Waals surface area (Å²) in [6.45, 7) is 19.3. The average Bonchev–Trinajstić information content (AvgIpc) is 4.41. The zero-order chi connectivity index (χ0) is 56.0. The fraction of sp³-hybridized carbons (Fsp3) is 0.391. The number of Topliss-reactive ketones (excluding diaryl/α,β-unsaturated/α-hetero) is 6. The number of nitrogens with zero attached hydrogens (tertiary/aromatic N) is 4. The third kappa shape index (κ3) is 8.65. The minimum atomic E-state index is 0.248. The third-order valence-electron chi connectivity index (χ3n) is 18.8. The molecular weight excluding hydrogens is 1010 g/mol. The second kappa shape index (κ2) is 21.2. The fourth-order valence-corrected chi connectivity index (χ4v) is 14.9. The van der Waals surface area contributed by atoms with E-state index in [1.807, 2.05) is 36.4 Å². The smallest absolute Gasteiger partial charge is 0.163 e. The van der Waals surface area contributed by atoms with Crippen LogP contribution in [0.15, 0.2) is 72.8 Å². The van der Waals surface area contributed by atoms with E-state index in [1.165, 1.54) is 98.8 Å². The molecule has 6 aliphatic rings. The van der Waals surface area contributed by atoms with Crippen molar-refractivity contribution >= 4 is 100 Å². The molecule has 6 aliphatic carbocycles. The van der Waals surface area contributed by atoms with Crippen molar-refractivity contribution < 1.29 is 28.8 Å². The summed E-state index contributed by atoms with van der Waals surface area (Å²) in [5, 5.41) is 14.2. The zero-order valence-electron chi connectivity index (χ0n) is 47.6. The maximum absolute atomic E-state index is 12.4. The van der Waals surface area contributed by atoms with Crippen molar-refractivity contribution in [2.75, 3.05) is 39.3 Å². The third-order valence-corrected chi connectivity index (χ3v) is 18.8. The zero-order valence-corrected chi connectivity index (χ0v) is 47.6. The van der Waals surface area contributed by atoms with Crippen molar-refractivity contribution in [2.45, 2.75) is 137 Å². The molecule has 0 aliphatic heterocycles. The normalized spacial score (nSPS) is 16.0. The van der Waals surface area contributed by atoms with E-state index in [9.17, 15) is 28.8 Å². The quantitative estimate of drug-likeness (QED) is 0.108. The molecule has 0 atom stereocenters. The number of aryl methyl sites for hydroxylation is 6. The second-order valence-corrected chi connectivity index (χ2v) is 23.4. The molecule has 0 radical (unpaired) electrons. The number of likely N-dealkylation sites (N-methyl/N-ethyl adjacent to an activating group) is 2. The van der Waals surface area contributed by atoms with Gasteiger partial charge in [0.1, 0.15) is 0 Å². The molecule has 12 nitrogen and oxygen atoms in total. The van der Waals surface area contributed by atoms with E-state index in [0.29, 0.717) is 44.6 Å². The predicted molar refractivity (Wildman–Crippen MR) is 324 cm³/mol. The highest BCUT2D eigenvalue weighted by Gasteiger charge is 2.33. The van der Waals surface area contributed by atoms with Crippen LogP contribution >= 0.6 is 0 Å². The Hall–Kier alpha value is -7.38. The van der Waals surface area contributed by atoms with Crippen LogP contribution < -0.4 is 10.6 Å². The summed E-state index contributed by atoms with van der Waals surface area (Å²) in [4.78, 5) is 76.3. The van der Waals surface area contributed by atoms with Gasteiger partial charge < -0.3 is 29.2 Å². The largest absolute Gasteiger partial charge is 0.339 e. The first-order valence-corrected chi connectivity index (χ1v) is 30.0. The molecule has 3 heterocycles. The topological polar surface area (TPSA) is 145 Å². The van der Waals surface area contributed by atoms with Crippen molar-refractivity contribution in [3.05, 3.63) is 140 Å². The summed E-state index contributed by atoms with van der Waals surface area (Å²) < 4.78 is 7.14. The molecule has 0 unspecified atom stereocenters. The van der Waals surface area contributed by atoms with E-state index < -0.39 is 0 Å². The van der Waals surface area contributed by atoms with Crippen molar-refractivity contribution in [1.29, 1.82) is 0 Å². The van der Waals surface area contributed by atoms with E-state index in [4.69, 9.17) is 0 Å². The Labute approximate surface area is 472 Å². The van der Waals surface area contributed by atoms with Gasteiger partial charge in [-0.2, -0.15) is 0 Å². The molecule has 0 saturated heterocycles. The number of hydrogen-bond acceptors (Lipinski definition) is 9. The Kier molecular flexibility index (Phi) is 13.8. The molecular formula is C69H72N6O6. The SMILES string of the molecule is CC(C)NCCn1c2ccc3c(c2c2c4c(ccc21)C(=O)CC4)CCC3=O.CCN(CC)CCn1c2ccc3c(c2c2c4c(ccc21)C(=O)CC4)CCC3=O.CCNCCn1c2ccc3c(c2c2c4c(ccc21)C(=O)CC4)CCC3=O. The van der Waals surface area contributed by atoms with Gasteiger partial charge in [-0.1, -0.05) is 34.6 Å². The summed E-state index contributed by atoms with van der Waals surface area (Å²) in [5.41, 5.74) is 19.6. The van der Waals surface area contributed by atoms with Crippen LogP contribution in [0.5, 0.6) is 0 Å². The van der Waals surface area contributed by atoms with E-state index in [-0.39, 0.29) is 34.7 Å². The van der Waals surface area contributed by atoms with Crippen molar-refractivity contribution in [2.24, 2.45) is 0 Å². The van der Waals surface area contributed by atoms with Crippen LogP contribution in [0.25, 0.3) is 65.4 Å². The van der Waals surface area contributed by atoms with Crippen LogP contribution in [0.4, 0.5) is 0 Å². The van der Waals surface area contributed by atoms with Gasteiger partial charge in [0.25, 0.3) is 0 Å². The highest BCUT2D eigenvalue weighted by molar-refractivity contribution is 6.22. The Morgan fingerprint density at radius 3 is 0.877 bits per heavy atom. The summed E-state index contributed by atoms with van der Waals surface area (Å²) >= 11 is 0. The highest BCUT2D eigenvalue weighted by Crippen LogP contribution is 2.45. The number of hydrogen-bond donors (Lipinski definition) is 2. The first kappa shape index (κ1) is 53.0. The summed E-state index contributed by atoms with van der Waals surface area (Å²) in [6, 6.07) is 25.2. The molecule has 0 saturated carbocycles. The van der Waals surface area contributed by atoms with Crippen LogP contribution in [0.1, 0.15) is 169 Å². The minimum absolute atomic E-state index is 0.248. The van der Waals surface area contributed by atoms with Gasteiger partial charge in [0.2, 0.25) is 0 Å². The van der Waals surface area contributed by atoms with E-state index in [2.05, 4.69) is 100 Å². The second-order valence-electron chi connectivity index (χ2n) is 23.4. The number of carbonyl (C=O) groups is 6. The number of benzene rings is 6. The van der Waals surface area contributed by atoms with Gasteiger partial charge in [-0.15, -0.1) is 0 Å². The molecule has 0 spiro atoms. The first-order chi connectivity index (χ1) is 39.4. The maximum Gasteiger partial charge on any atom is 0.163 e. The van der Waals surface area contributed by atoms with E-state index >= 15 is 0 Å². The molecule has 2 N–H and O–H groups in total. The van der Waals surface area contributed by atoms with Crippen molar-refractivity contribution in [1.82, 2.24) is 29.2 Å². The van der Waals surface area contributed by atoms with Gasteiger partial charge in [-0.3, -0.25) is 28.8 Å². The van der Waals surface area contributed by atoms with Gasteiger partial charge >= 0.3 is 0 Å². The number of aromatic nitrogens is 3. The van der Waals surface area contributed by atoms with Crippen molar-refractivity contribution in [3.8, 4) is 0 Å². The molecule has 9 aromatic rings. The molecule has 6 aromatic carbocycles. The first-order valence-electron chi connectivity index (χ1n) is 30.0. The molecule has 15 rings (SSSR count). The Morgan fingerprint density at radius 1 is 0.370 bits per heavy atom. The van der Waals surface area contributed by atoms with Gasteiger partial charge in [-0.05, 0) is 164 Å². The average molecular weight is 1080 g/mol. The maximum atomic E-state index is 12.4. The van der Waals surface area contributed by atoms with Crippen LogP contribution in [-0.2, 0) is 58.2 Å². The van der Waals surface area contributed by atoms with Crippen LogP contribution in [0.3, 0.4) is 0 Å². The van der Waals surface area contributed by atoms with Crippen LogP contribution in [-0.4, -0.2) is 98.6 Å². The summed E-state index contributed by atoms with van der Waals surface area (Å²) in [7, 11) is 0. The molecule has 0 fully saturated rings. The van der Waals surface area contributed by atoms with E-state index in [1.54, 1.807) is 0 Å². The standard InChI is InChI=1S/C24H26N2O2.C23H24N2O2.C22H22N2O2/c1-3-25(4-2)13-14-26-19-9-5-15-17(7-11-21(15)27)23(19)24-18-8-12-22(28)16(18)6-10-20(24)26;1-13(2)24-11-12-25-18-7-3-14-16(5-9-20(14)26)22(18)23-17-6-10-21(27)15(17)4-8-19(23)25;1-2-23-11-12-24-17-7-3-13-15(5-9-19(13)25)21(17)22-16-6-10-20(26)14(16)4-8-18(22)24/h5-6,9-10H,3-4,7-8,11-14H2,1-2H3;3-4,7-8,13,24H,5-6,9-12H2,1-2H3;3-4,7-8,23H,2,5-6,9-12H2,1H3. The van der Waals surface area contributed by atoms with Crippen molar-refractivity contribution in [3.63, 3.8) is 0 Å². The Morgan fingerprint density at radius 2 is 0.630 bits per heavy atom. The minimum Gasteiger partial charge on any atom is -0.339 e. The number of nitrogens with one attached hydrogen (secondary N) is 2. The molecule has 3 aromatic heterocycles. The van der Waals surface area contributed by atoms with Gasteiger partial charge in [-0.25, -0.2) is 0 Å². The molecule has 81 heavy (non-hydrogen) atoms. The number of ketones is 6. The Balaban J connectivity index is 0.000000114. The summed E-state index contributed by atoms with van der Waals surface area (Å²) in [5.74, 6) is 1.50. The lowest BCUT2D eigenvalue weighted by atomic mass is 9.98. The van der Waals surface area contributed by atoms with Crippen LogP contribution in [0, 0.1) is 0 Å². The highest BCUT2D eigenvalue weighted by atomic mass is 16.1.